The van der Waals surface area contributed by atoms with Crippen LogP contribution < -0.4 is 10.6 Å². The van der Waals surface area contributed by atoms with Crippen molar-refractivity contribution in [3.05, 3.63) is 29.8 Å². The van der Waals surface area contributed by atoms with Gasteiger partial charge in [0.25, 0.3) is 0 Å². The number of nitrogens with zero attached hydrogens (tertiary/aromatic N) is 1. The molecule has 0 atom stereocenters. The van der Waals surface area contributed by atoms with E-state index in [1.54, 1.807) is 31.3 Å². The van der Waals surface area contributed by atoms with Gasteiger partial charge in [0, 0.05) is 12.7 Å². The number of carbonyl (C=O) groups excluding carboxylic acids is 1. The maximum atomic E-state index is 11.7. The predicted octanol–water partition coefficient (Wildman–Crippen LogP) is 2.49. The van der Waals surface area contributed by atoms with Crippen molar-refractivity contribution in [3.8, 4) is 0 Å². The van der Waals surface area contributed by atoms with E-state index in [2.05, 4.69) is 0 Å². The van der Waals surface area contributed by atoms with E-state index in [1.807, 2.05) is 0 Å². The van der Waals surface area contributed by atoms with E-state index in [9.17, 15) is 14.7 Å². The van der Waals surface area contributed by atoms with Crippen LogP contribution in [0.2, 0.25) is 0 Å². The van der Waals surface area contributed by atoms with Crippen LogP contribution in [0.3, 0.4) is 0 Å². The molecule has 5 heteroatoms. The van der Waals surface area contributed by atoms with Crippen LogP contribution in [0, 0.1) is 0 Å². The number of carboxylic acids is 1. The Hall–Kier alpha value is -2.04. The number of aliphatic carboxylic acids is 1. The molecular formula is C15H20N2O3. The summed E-state index contributed by atoms with van der Waals surface area (Å²) in [4.78, 5) is 24.2. The van der Waals surface area contributed by atoms with Gasteiger partial charge in [0.15, 0.2) is 0 Å². The summed E-state index contributed by atoms with van der Waals surface area (Å²) < 4.78 is 0. The fourth-order valence-electron chi connectivity index (χ4n) is 2.91. The van der Waals surface area contributed by atoms with Crippen LogP contribution in [-0.4, -0.2) is 24.2 Å². The Balaban J connectivity index is 2.31. The Labute approximate surface area is 118 Å². The Morgan fingerprint density at radius 1 is 1.15 bits per heavy atom. The highest BCUT2D eigenvalue weighted by Gasteiger charge is 2.41. The van der Waals surface area contributed by atoms with Gasteiger partial charge >= 0.3 is 12.0 Å². The lowest BCUT2D eigenvalue weighted by molar-refractivity contribution is -0.145. The minimum Gasteiger partial charge on any atom is -0.481 e. The van der Waals surface area contributed by atoms with Crippen LogP contribution in [0.25, 0.3) is 0 Å². The van der Waals surface area contributed by atoms with E-state index in [4.69, 9.17) is 5.73 Å². The van der Waals surface area contributed by atoms with Crippen molar-refractivity contribution in [2.45, 2.75) is 37.5 Å². The van der Waals surface area contributed by atoms with E-state index in [0.717, 1.165) is 24.8 Å². The molecule has 5 nitrogen and oxygen atoms in total. The summed E-state index contributed by atoms with van der Waals surface area (Å²) >= 11 is 0. The summed E-state index contributed by atoms with van der Waals surface area (Å²) in [7, 11) is 1.59. The molecule has 1 saturated carbocycles. The molecule has 0 bridgehead atoms. The molecule has 0 heterocycles. The van der Waals surface area contributed by atoms with Crippen LogP contribution in [0.5, 0.6) is 0 Å². The Bertz CT molecular complexity index is 504. The molecule has 1 aromatic rings. The molecule has 3 N–H and O–H groups in total. The number of carboxylic acid groups (broad SMARTS) is 1. The molecule has 0 spiro atoms. The number of nitrogens with two attached hydrogens (primary N) is 1. The first-order chi connectivity index (χ1) is 9.47. The van der Waals surface area contributed by atoms with E-state index in [-0.39, 0.29) is 0 Å². The number of hydrogen-bond donors (Lipinski definition) is 2. The zero-order chi connectivity index (χ0) is 14.8. The minimum absolute atomic E-state index is 0.539. The van der Waals surface area contributed by atoms with Gasteiger partial charge in [0.1, 0.15) is 0 Å². The SMILES string of the molecule is CN(C(N)=O)c1ccc(C2(C(=O)O)CCCCC2)cc1. The van der Waals surface area contributed by atoms with E-state index >= 15 is 0 Å². The fraction of sp³-hybridized carbons (Fsp3) is 0.467. The van der Waals surface area contributed by atoms with Gasteiger partial charge in [-0.15, -0.1) is 0 Å². The van der Waals surface area contributed by atoms with Crippen LogP contribution in [-0.2, 0) is 10.2 Å². The molecule has 0 radical (unpaired) electrons. The third-order valence-electron chi connectivity index (χ3n) is 4.25. The minimum atomic E-state index is -0.776. The van der Waals surface area contributed by atoms with Crippen LogP contribution in [0.15, 0.2) is 24.3 Å². The van der Waals surface area contributed by atoms with Crippen molar-refractivity contribution in [3.63, 3.8) is 0 Å². The Morgan fingerprint density at radius 3 is 2.15 bits per heavy atom. The second-order valence-electron chi connectivity index (χ2n) is 5.39. The van der Waals surface area contributed by atoms with Crippen molar-refractivity contribution >= 4 is 17.7 Å². The summed E-state index contributed by atoms with van der Waals surface area (Å²) in [6.45, 7) is 0. The van der Waals surface area contributed by atoms with E-state index in [0.29, 0.717) is 18.5 Å². The lowest BCUT2D eigenvalue weighted by Gasteiger charge is -2.33. The molecule has 2 rings (SSSR count). The highest BCUT2D eigenvalue weighted by molar-refractivity contribution is 5.90. The molecule has 0 aliphatic heterocycles. The number of rotatable bonds is 3. The van der Waals surface area contributed by atoms with E-state index in [1.165, 1.54) is 4.90 Å². The van der Waals surface area contributed by atoms with Gasteiger partial charge in [-0.3, -0.25) is 9.69 Å². The maximum Gasteiger partial charge on any atom is 0.318 e. The topological polar surface area (TPSA) is 83.6 Å². The van der Waals surface area contributed by atoms with Crippen LogP contribution in [0.1, 0.15) is 37.7 Å². The molecule has 2 amide bonds. The quantitative estimate of drug-likeness (QED) is 0.889. The highest BCUT2D eigenvalue weighted by Crippen LogP contribution is 2.40. The van der Waals surface area contributed by atoms with Gasteiger partial charge in [-0.05, 0) is 30.5 Å². The average molecular weight is 276 g/mol. The maximum absolute atomic E-state index is 11.7. The third-order valence-corrected chi connectivity index (χ3v) is 4.25. The molecule has 1 aliphatic carbocycles. The lowest BCUT2D eigenvalue weighted by Crippen LogP contribution is -2.38. The second kappa shape index (κ2) is 5.53. The average Bonchev–Trinajstić information content (AvgIpc) is 2.47. The standard InChI is InChI=1S/C15H20N2O3/c1-17(14(16)20)12-7-5-11(6-8-12)15(13(18)19)9-3-2-4-10-15/h5-8H,2-4,9-10H2,1H3,(H2,16,20)(H,18,19). The fourth-order valence-corrected chi connectivity index (χ4v) is 2.91. The largest absolute Gasteiger partial charge is 0.481 e. The van der Waals surface area contributed by atoms with E-state index < -0.39 is 17.4 Å². The van der Waals surface area contributed by atoms with Gasteiger partial charge in [-0.25, -0.2) is 4.79 Å². The molecule has 0 unspecified atom stereocenters. The summed E-state index contributed by atoms with van der Waals surface area (Å²) in [5.41, 5.74) is 5.92. The van der Waals surface area contributed by atoms with Crippen molar-refractivity contribution in [1.82, 2.24) is 0 Å². The number of carbonyl (C=O) groups is 2. The second-order valence-corrected chi connectivity index (χ2v) is 5.39. The smallest absolute Gasteiger partial charge is 0.318 e. The van der Waals surface area contributed by atoms with Crippen LogP contribution >= 0.6 is 0 Å². The molecule has 0 saturated heterocycles. The van der Waals surface area contributed by atoms with Crippen molar-refractivity contribution < 1.29 is 14.7 Å². The zero-order valence-electron chi connectivity index (χ0n) is 11.6. The van der Waals surface area contributed by atoms with Crippen molar-refractivity contribution in [2.24, 2.45) is 5.73 Å². The number of benzene rings is 1. The zero-order valence-corrected chi connectivity index (χ0v) is 11.6. The van der Waals surface area contributed by atoms with Gasteiger partial charge in [-0.1, -0.05) is 31.4 Å². The first-order valence-electron chi connectivity index (χ1n) is 6.84. The third kappa shape index (κ3) is 2.48. The van der Waals surface area contributed by atoms with Crippen molar-refractivity contribution in [2.75, 3.05) is 11.9 Å². The molecule has 1 aromatic carbocycles. The molecule has 1 fully saturated rings. The predicted molar refractivity (Wildman–Crippen MR) is 76.8 cm³/mol. The summed E-state index contributed by atoms with van der Waals surface area (Å²) in [5, 5.41) is 9.62. The number of amides is 2. The molecule has 108 valence electrons. The molecule has 20 heavy (non-hydrogen) atoms. The number of urea groups is 1. The first kappa shape index (κ1) is 14.4. The summed E-state index contributed by atoms with van der Waals surface area (Å²) in [6, 6.07) is 6.56. The highest BCUT2D eigenvalue weighted by atomic mass is 16.4. The molecule has 0 aromatic heterocycles. The number of anilines is 1. The Kier molecular flexibility index (Phi) is 3.97. The Morgan fingerprint density at radius 2 is 1.70 bits per heavy atom. The number of hydrogen-bond acceptors (Lipinski definition) is 2. The first-order valence-corrected chi connectivity index (χ1v) is 6.84. The van der Waals surface area contributed by atoms with Gasteiger partial charge in [0.05, 0.1) is 5.41 Å². The van der Waals surface area contributed by atoms with Gasteiger partial charge < -0.3 is 10.8 Å². The summed E-state index contributed by atoms with van der Waals surface area (Å²) in [6.07, 6.45) is 4.32. The van der Waals surface area contributed by atoms with Gasteiger partial charge in [-0.2, -0.15) is 0 Å². The van der Waals surface area contributed by atoms with Crippen molar-refractivity contribution in [1.29, 1.82) is 0 Å². The molecule has 1 aliphatic rings. The number of primary amides is 1. The van der Waals surface area contributed by atoms with Crippen LogP contribution in [0.4, 0.5) is 10.5 Å². The lowest BCUT2D eigenvalue weighted by atomic mass is 9.69. The monoisotopic (exact) mass is 276 g/mol. The summed E-state index contributed by atoms with van der Waals surface area (Å²) in [5.74, 6) is -0.756. The normalized spacial score (nSPS) is 17.4. The molecular weight excluding hydrogens is 256 g/mol. The van der Waals surface area contributed by atoms with Gasteiger partial charge in [0.2, 0.25) is 0 Å².